The van der Waals surface area contributed by atoms with Crippen molar-refractivity contribution in [2.75, 3.05) is 5.43 Å². The van der Waals surface area contributed by atoms with Gasteiger partial charge in [0.05, 0.1) is 5.69 Å². The number of anilines is 1. The summed E-state index contributed by atoms with van der Waals surface area (Å²) in [5.41, 5.74) is 3.45. The van der Waals surface area contributed by atoms with E-state index in [1.807, 2.05) is 30.3 Å². The first-order valence-corrected chi connectivity index (χ1v) is 4.85. The van der Waals surface area contributed by atoms with Crippen LogP contribution in [0.25, 0.3) is 11.3 Å². The second-order valence-electron chi connectivity index (χ2n) is 3.28. The van der Waals surface area contributed by atoms with Crippen LogP contribution in [-0.2, 0) is 0 Å². The van der Waals surface area contributed by atoms with Crippen molar-refractivity contribution in [1.29, 1.82) is 0 Å². The third-order valence-electron chi connectivity index (χ3n) is 2.14. The van der Waals surface area contributed by atoms with Gasteiger partial charge in [-0.15, -0.1) is 0 Å². The van der Waals surface area contributed by atoms with Crippen molar-refractivity contribution in [1.82, 2.24) is 9.97 Å². The molecule has 4 N–H and O–H groups in total. The lowest BCUT2D eigenvalue weighted by atomic mass is 10.1. The zero-order valence-electron chi connectivity index (χ0n) is 8.79. The number of nitrogens with one attached hydrogen (secondary N) is 1. The Bertz CT molecular complexity index is 542. The van der Waals surface area contributed by atoms with Gasteiger partial charge in [-0.05, 0) is 6.07 Å². The number of aromatic carboxylic acids is 1. The van der Waals surface area contributed by atoms with Gasteiger partial charge in [0.1, 0.15) is 0 Å². The van der Waals surface area contributed by atoms with E-state index in [1.54, 1.807) is 0 Å². The van der Waals surface area contributed by atoms with Crippen molar-refractivity contribution in [2.45, 2.75) is 0 Å². The zero-order chi connectivity index (χ0) is 12.3. The van der Waals surface area contributed by atoms with Crippen molar-refractivity contribution in [3.8, 4) is 11.3 Å². The highest BCUT2D eigenvalue weighted by atomic mass is 16.4. The Morgan fingerprint density at radius 2 is 1.94 bits per heavy atom. The summed E-state index contributed by atoms with van der Waals surface area (Å²) < 4.78 is 0. The summed E-state index contributed by atoms with van der Waals surface area (Å²) in [7, 11) is 0. The number of benzene rings is 1. The number of rotatable bonds is 3. The van der Waals surface area contributed by atoms with E-state index in [2.05, 4.69) is 15.4 Å². The predicted octanol–water partition coefficient (Wildman–Crippen LogP) is 1.13. The molecule has 6 nitrogen and oxygen atoms in total. The Morgan fingerprint density at radius 1 is 1.24 bits per heavy atom. The molecule has 17 heavy (non-hydrogen) atoms. The van der Waals surface area contributed by atoms with E-state index < -0.39 is 5.97 Å². The Morgan fingerprint density at radius 3 is 2.53 bits per heavy atom. The lowest BCUT2D eigenvalue weighted by Gasteiger charge is -2.05. The minimum Gasteiger partial charge on any atom is -0.477 e. The quantitative estimate of drug-likeness (QED) is 0.539. The molecule has 0 saturated carbocycles. The fraction of sp³-hybridized carbons (Fsp3) is 0. The number of aromatic nitrogens is 2. The number of nitrogens with zero attached hydrogens (tertiary/aromatic N) is 2. The van der Waals surface area contributed by atoms with Crippen LogP contribution in [0, 0.1) is 0 Å². The highest BCUT2D eigenvalue weighted by molar-refractivity contribution is 5.87. The number of carboxylic acids is 1. The molecule has 1 aromatic heterocycles. The zero-order valence-corrected chi connectivity index (χ0v) is 8.79. The molecule has 0 aliphatic heterocycles. The van der Waals surface area contributed by atoms with Gasteiger partial charge in [0.2, 0.25) is 5.95 Å². The van der Waals surface area contributed by atoms with Gasteiger partial charge in [-0.2, -0.15) is 0 Å². The smallest absolute Gasteiger partial charge is 0.354 e. The molecule has 0 aliphatic rings. The third-order valence-corrected chi connectivity index (χ3v) is 2.14. The van der Waals surface area contributed by atoms with E-state index >= 15 is 0 Å². The van der Waals surface area contributed by atoms with Crippen LogP contribution in [0.1, 0.15) is 10.5 Å². The van der Waals surface area contributed by atoms with E-state index in [9.17, 15) is 4.79 Å². The summed E-state index contributed by atoms with van der Waals surface area (Å²) in [6.45, 7) is 0. The van der Waals surface area contributed by atoms with Gasteiger partial charge in [0.15, 0.2) is 5.69 Å². The average molecular weight is 230 g/mol. The first-order chi connectivity index (χ1) is 8.20. The first-order valence-electron chi connectivity index (χ1n) is 4.85. The van der Waals surface area contributed by atoms with Gasteiger partial charge in [0, 0.05) is 5.56 Å². The minimum atomic E-state index is -1.12. The molecule has 2 rings (SSSR count). The maximum Gasteiger partial charge on any atom is 0.354 e. The summed E-state index contributed by atoms with van der Waals surface area (Å²) in [5, 5.41) is 8.92. The molecule has 0 aliphatic carbocycles. The second-order valence-corrected chi connectivity index (χ2v) is 3.28. The maximum absolute atomic E-state index is 10.9. The molecule has 0 fully saturated rings. The predicted molar refractivity (Wildman–Crippen MR) is 62.2 cm³/mol. The molecule has 1 heterocycles. The summed E-state index contributed by atoms with van der Waals surface area (Å²) in [5.74, 6) is 4.15. The molecule has 0 saturated heterocycles. The molecule has 0 atom stereocenters. The summed E-state index contributed by atoms with van der Waals surface area (Å²) in [6.07, 6.45) is 0. The van der Waals surface area contributed by atoms with Crippen molar-refractivity contribution in [3.63, 3.8) is 0 Å². The average Bonchev–Trinajstić information content (AvgIpc) is 2.39. The molecule has 0 bridgehead atoms. The SMILES string of the molecule is NNc1nc(C(=O)O)cc(-c2ccccc2)n1. The number of carbonyl (C=O) groups is 1. The molecule has 0 radical (unpaired) electrons. The first kappa shape index (κ1) is 11.0. The number of hydrogen-bond donors (Lipinski definition) is 3. The van der Waals surface area contributed by atoms with Crippen LogP contribution in [0.5, 0.6) is 0 Å². The van der Waals surface area contributed by atoms with Crippen LogP contribution in [-0.4, -0.2) is 21.0 Å². The molecule has 6 heteroatoms. The maximum atomic E-state index is 10.9. The Hall–Kier alpha value is -2.47. The molecule has 0 amide bonds. The Kier molecular flexibility index (Phi) is 2.97. The lowest BCUT2D eigenvalue weighted by molar-refractivity contribution is 0.0690. The number of nitrogens with two attached hydrogens (primary N) is 1. The van der Waals surface area contributed by atoms with Crippen molar-refractivity contribution in [3.05, 3.63) is 42.1 Å². The molecule has 0 unspecified atom stereocenters. The fourth-order valence-corrected chi connectivity index (χ4v) is 1.38. The van der Waals surface area contributed by atoms with Gasteiger partial charge in [-0.3, -0.25) is 5.43 Å². The van der Waals surface area contributed by atoms with E-state index in [4.69, 9.17) is 10.9 Å². The van der Waals surface area contributed by atoms with Gasteiger partial charge in [-0.25, -0.2) is 20.6 Å². The number of carboxylic acid groups (broad SMARTS) is 1. The van der Waals surface area contributed by atoms with Crippen molar-refractivity contribution < 1.29 is 9.90 Å². The molecule has 2 aromatic rings. The van der Waals surface area contributed by atoms with Crippen LogP contribution in [0.2, 0.25) is 0 Å². The number of hydrazine groups is 1. The highest BCUT2D eigenvalue weighted by Crippen LogP contribution is 2.18. The Labute approximate surface area is 97.1 Å². The molecular weight excluding hydrogens is 220 g/mol. The Balaban J connectivity index is 2.54. The van der Waals surface area contributed by atoms with Crippen LogP contribution in [0.3, 0.4) is 0 Å². The van der Waals surface area contributed by atoms with Crippen LogP contribution >= 0.6 is 0 Å². The largest absolute Gasteiger partial charge is 0.477 e. The van der Waals surface area contributed by atoms with E-state index in [0.29, 0.717) is 5.69 Å². The van der Waals surface area contributed by atoms with Gasteiger partial charge >= 0.3 is 5.97 Å². The molecular formula is C11H10N4O2. The molecule has 0 spiro atoms. The standard InChI is InChI=1S/C11H10N4O2/c12-15-11-13-8(6-9(14-11)10(16)17)7-4-2-1-3-5-7/h1-6H,12H2,(H,16,17)(H,13,14,15). The lowest BCUT2D eigenvalue weighted by Crippen LogP contribution is -2.13. The van der Waals surface area contributed by atoms with Crippen LogP contribution < -0.4 is 11.3 Å². The monoisotopic (exact) mass is 230 g/mol. The summed E-state index contributed by atoms with van der Waals surface area (Å²) >= 11 is 0. The fourth-order valence-electron chi connectivity index (χ4n) is 1.38. The van der Waals surface area contributed by atoms with Gasteiger partial charge in [0.25, 0.3) is 0 Å². The normalized spacial score (nSPS) is 9.94. The van der Waals surface area contributed by atoms with E-state index in [-0.39, 0.29) is 11.6 Å². The summed E-state index contributed by atoms with van der Waals surface area (Å²) in [4.78, 5) is 18.7. The summed E-state index contributed by atoms with van der Waals surface area (Å²) in [6, 6.07) is 10.6. The van der Waals surface area contributed by atoms with Crippen molar-refractivity contribution in [2.24, 2.45) is 5.84 Å². The topological polar surface area (TPSA) is 101 Å². The minimum absolute atomic E-state index is 0.0729. The number of nitrogen functional groups attached to an aromatic ring is 1. The van der Waals surface area contributed by atoms with Crippen molar-refractivity contribution >= 4 is 11.9 Å². The molecule has 86 valence electrons. The number of hydrogen-bond acceptors (Lipinski definition) is 5. The van der Waals surface area contributed by atoms with Gasteiger partial charge < -0.3 is 5.11 Å². The van der Waals surface area contributed by atoms with E-state index in [1.165, 1.54) is 6.07 Å². The second kappa shape index (κ2) is 4.58. The van der Waals surface area contributed by atoms with Gasteiger partial charge in [-0.1, -0.05) is 30.3 Å². The van der Waals surface area contributed by atoms with Crippen LogP contribution in [0.4, 0.5) is 5.95 Å². The van der Waals surface area contributed by atoms with Crippen LogP contribution in [0.15, 0.2) is 36.4 Å². The molecule has 1 aromatic carbocycles. The highest BCUT2D eigenvalue weighted by Gasteiger charge is 2.10. The van der Waals surface area contributed by atoms with E-state index in [0.717, 1.165) is 5.56 Å². The third kappa shape index (κ3) is 2.37.